The SMILES string of the molecule is CNc1ccc(Cl)c(COc2ccc(CCO)cc2)n1. The van der Waals surface area contributed by atoms with Crippen molar-refractivity contribution in [2.24, 2.45) is 0 Å². The number of hydrogen-bond donors (Lipinski definition) is 2. The molecule has 4 nitrogen and oxygen atoms in total. The molecule has 2 rings (SSSR count). The molecule has 0 fully saturated rings. The Kier molecular flexibility index (Phi) is 5.21. The maximum absolute atomic E-state index is 8.86. The molecular formula is C15H17ClN2O2. The number of aliphatic hydroxyl groups excluding tert-OH is 1. The lowest BCUT2D eigenvalue weighted by Gasteiger charge is -2.09. The minimum atomic E-state index is 0.149. The van der Waals surface area contributed by atoms with Crippen LogP contribution < -0.4 is 10.1 Å². The van der Waals surface area contributed by atoms with Gasteiger partial charge in [0.15, 0.2) is 0 Å². The molecule has 1 heterocycles. The smallest absolute Gasteiger partial charge is 0.132 e. The number of hydrogen-bond acceptors (Lipinski definition) is 4. The van der Waals surface area contributed by atoms with Gasteiger partial charge in [-0.05, 0) is 36.2 Å². The lowest BCUT2D eigenvalue weighted by atomic mass is 10.1. The third kappa shape index (κ3) is 3.85. The summed E-state index contributed by atoms with van der Waals surface area (Å²) in [5.41, 5.74) is 1.77. The molecule has 2 aromatic rings. The van der Waals surface area contributed by atoms with Crippen LogP contribution in [-0.2, 0) is 13.0 Å². The summed E-state index contributed by atoms with van der Waals surface area (Å²) in [6.07, 6.45) is 0.651. The van der Waals surface area contributed by atoms with Crippen LogP contribution in [0.25, 0.3) is 0 Å². The fourth-order valence-corrected chi connectivity index (χ4v) is 1.92. The van der Waals surface area contributed by atoms with Gasteiger partial charge >= 0.3 is 0 Å². The highest BCUT2D eigenvalue weighted by atomic mass is 35.5. The van der Waals surface area contributed by atoms with Gasteiger partial charge in [-0.1, -0.05) is 23.7 Å². The van der Waals surface area contributed by atoms with E-state index in [9.17, 15) is 0 Å². The van der Waals surface area contributed by atoms with E-state index in [-0.39, 0.29) is 6.61 Å². The molecule has 2 N–H and O–H groups in total. The van der Waals surface area contributed by atoms with E-state index in [2.05, 4.69) is 10.3 Å². The van der Waals surface area contributed by atoms with Gasteiger partial charge in [0, 0.05) is 13.7 Å². The Balaban J connectivity index is 2.01. The van der Waals surface area contributed by atoms with Crippen LogP contribution in [0, 0.1) is 0 Å². The summed E-state index contributed by atoms with van der Waals surface area (Å²) in [6.45, 7) is 0.463. The molecule has 1 aromatic carbocycles. The third-order valence-electron chi connectivity index (χ3n) is 2.87. The monoisotopic (exact) mass is 292 g/mol. The van der Waals surface area contributed by atoms with Crippen molar-refractivity contribution in [2.75, 3.05) is 19.0 Å². The summed E-state index contributed by atoms with van der Waals surface area (Å²) in [6, 6.07) is 11.2. The van der Waals surface area contributed by atoms with E-state index >= 15 is 0 Å². The second kappa shape index (κ2) is 7.12. The van der Waals surface area contributed by atoms with Gasteiger partial charge in [0.25, 0.3) is 0 Å². The maximum Gasteiger partial charge on any atom is 0.132 e. The normalized spacial score (nSPS) is 10.3. The Morgan fingerprint density at radius 3 is 2.60 bits per heavy atom. The van der Waals surface area contributed by atoms with Crippen LogP contribution in [0.2, 0.25) is 5.02 Å². The molecule has 0 spiro atoms. The summed E-state index contributed by atoms with van der Waals surface area (Å²) in [5, 5.41) is 12.4. The highest BCUT2D eigenvalue weighted by Gasteiger charge is 2.05. The Hall–Kier alpha value is -1.78. The average Bonchev–Trinajstić information content (AvgIpc) is 2.48. The number of nitrogens with zero attached hydrogens (tertiary/aromatic N) is 1. The number of pyridine rings is 1. The van der Waals surface area contributed by atoms with E-state index in [0.29, 0.717) is 23.7 Å². The van der Waals surface area contributed by atoms with Gasteiger partial charge in [-0.2, -0.15) is 0 Å². The Labute approximate surface area is 123 Å². The average molecular weight is 293 g/mol. The molecule has 106 valence electrons. The van der Waals surface area contributed by atoms with Gasteiger partial charge in [-0.3, -0.25) is 0 Å². The highest BCUT2D eigenvalue weighted by Crippen LogP contribution is 2.19. The molecule has 0 aliphatic heterocycles. The first-order chi connectivity index (χ1) is 9.72. The number of anilines is 1. The summed E-state index contributed by atoms with van der Waals surface area (Å²) < 4.78 is 5.67. The second-order valence-corrected chi connectivity index (χ2v) is 4.69. The predicted molar refractivity (Wildman–Crippen MR) is 80.4 cm³/mol. The molecule has 1 aromatic heterocycles. The van der Waals surface area contributed by atoms with Crippen molar-refractivity contribution in [3.05, 3.63) is 52.7 Å². The molecule has 0 amide bonds. The zero-order chi connectivity index (χ0) is 14.4. The minimum absolute atomic E-state index is 0.149. The highest BCUT2D eigenvalue weighted by molar-refractivity contribution is 6.31. The topological polar surface area (TPSA) is 54.4 Å². The van der Waals surface area contributed by atoms with Crippen molar-refractivity contribution in [1.82, 2.24) is 4.98 Å². The van der Waals surface area contributed by atoms with Crippen LogP contribution in [0.4, 0.5) is 5.82 Å². The van der Waals surface area contributed by atoms with E-state index < -0.39 is 0 Å². The molecule has 20 heavy (non-hydrogen) atoms. The molecule has 0 saturated heterocycles. The van der Waals surface area contributed by atoms with Crippen molar-refractivity contribution in [3.63, 3.8) is 0 Å². The molecule has 0 bridgehead atoms. The van der Waals surface area contributed by atoms with Crippen LogP contribution in [0.3, 0.4) is 0 Å². The zero-order valence-corrected chi connectivity index (χ0v) is 12.0. The minimum Gasteiger partial charge on any atom is -0.487 e. The van der Waals surface area contributed by atoms with Gasteiger partial charge in [-0.15, -0.1) is 0 Å². The number of ether oxygens (including phenoxy) is 1. The van der Waals surface area contributed by atoms with Gasteiger partial charge in [0.05, 0.1) is 10.7 Å². The van der Waals surface area contributed by atoms with E-state index in [1.54, 1.807) is 13.1 Å². The first-order valence-electron chi connectivity index (χ1n) is 6.38. The van der Waals surface area contributed by atoms with Crippen molar-refractivity contribution < 1.29 is 9.84 Å². The van der Waals surface area contributed by atoms with Gasteiger partial charge in [0.2, 0.25) is 0 Å². The molecule has 5 heteroatoms. The number of benzene rings is 1. The Morgan fingerprint density at radius 2 is 1.95 bits per heavy atom. The zero-order valence-electron chi connectivity index (χ0n) is 11.3. The van der Waals surface area contributed by atoms with Crippen molar-refractivity contribution in [1.29, 1.82) is 0 Å². The lowest BCUT2D eigenvalue weighted by molar-refractivity contribution is 0.297. The number of rotatable bonds is 6. The molecule has 0 aliphatic rings. The van der Waals surface area contributed by atoms with E-state index in [0.717, 1.165) is 17.1 Å². The number of aliphatic hydroxyl groups is 1. The van der Waals surface area contributed by atoms with Gasteiger partial charge in [-0.25, -0.2) is 4.98 Å². The number of halogens is 1. The molecule has 0 atom stereocenters. The standard InChI is InChI=1S/C15H17ClN2O2/c1-17-15-7-6-13(16)14(18-15)10-20-12-4-2-11(3-5-12)8-9-19/h2-7,19H,8-10H2,1H3,(H,17,18). The fraction of sp³-hybridized carbons (Fsp3) is 0.267. The van der Waals surface area contributed by atoms with E-state index in [4.69, 9.17) is 21.4 Å². The second-order valence-electron chi connectivity index (χ2n) is 4.28. The molecule has 0 unspecified atom stereocenters. The first kappa shape index (κ1) is 14.6. The van der Waals surface area contributed by atoms with Crippen LogP contribution in [0.1, 0.15) is 11.3 Å². The largest absolute Gasteiger partial charge is 0.487 e. The van der Waals surface area contributed by atoms with Crippen molar-refractivity contribution in [3.8, 4) is 5.75 Å². The Morgan fingerprint density at radius 1 is 1.20 bits per heavy atom. The quantitative estimate of drug-likeness (QED) is 0.859. The van der Waals surface area contributed by atoms with Crippen LogP contribution >= 0.6 is 11.6 Å². The summed E-state index contributed by atoms with van der Waals surface area (Å²) in [7, 11) is 1.81. The third-order valence-corrected chi connectivity index (χ3v) is 3.22. The van der Waals surface area contributed by atoms with Crippen LogP contribution in [0.15, 0.2) is 36.4 Å². The Bertz CT molecular complexity index is 558. The summed E-state index contributed by atoms with van der Waals surface area (Å²) in [5.74, 6) is 1.51. The molecule has 0 aliphatic carbocycles. The van der Waals surface area contributed by atoms with Crippen LogP contribution in [0.5, 0.6) is 5.75 Å². The summed E-state index contributed by atoms with van der Waals surface area (Å²) >= 11 is 6.09. The predicted octanol–water partition coefficient (Wildman–Crippen LogP) is 2.89. The van der Waals surface area contributed by atoms with Gasteiger partial charge in [0.1, 0.15) is 18.2 Å². The van der Waals surface area contributed by atoms with E-state index in [1.807, 2.05) is 30.3 Å². The first-order valence-corrected chi connectivity index (χ1v) is 6.76. The maximum atomic E-state index is 8.86. The fourth-order valence-electron chi connectivity index (χ4n) is 1.76. The summed E-state index contributed by atoms with van der Waals surface area (Å²) in [4.78, 5) is 4.35. The molecular weight excluding hydrogens is 276 g/mol. The number of aromatic nitrogens is 1. The van der Waals surface area contributed by atoms with Crippen molar-refractivity contribution >= 4 is 17.4 Å². The van der Waals surface area contributed by atoms with Crippen LogP contribution in [-0.4, -0.2) is 23.7 Å². The molecule has 0 saturated carbocycles. The lowest BCUT2D eigenvalue weighted by Crippen LogP contribution is -2.02. The van der Waals surface area contributed by atoms with Crippen molar-refractivity contribution in [2.45, 2.75) is 13.0 Å². The number of nitrogens with one attached hydrogen (secondary N) is 1. The van der Waals surface area contributed by atoms with E-state index in [1.165, 1.54) is 0 Å². The van der Waals surface area contributed by atoms with Gasteiger partial charge < -0.3 is 15.2 Å². The molecule has 0 radical (unpaired) electrons.